The van der Waals surface area contributed by atoms with Crippen molar-refractivity contribution in [3.8, 4) is 11.5 Å². The first-order valence-electron chi connectivity index (χ1n) is 9.21. The Kier molecular flexibility index (Phi) is 5.97. The average molecular weight is 411 g/mol. The molecule has 154 valence electrons. The first kappa shape index (κ1) is 20.2. The van der Waals surface area contributed by atoms with E-state index >= 15 is 0 Å². The Bertz CT molecular complexity index is 855. The van der Waals surface area contributed by atoms with Crippen LogP contribution in [0.2, 0.25) is 0 Å². The molecule has 1 aromatic carbocycles. The van der Waals surface area contributed by atoms with Crippen molar-refractivity contribution >= 4 is 27.5 Å². The van der Waals surface area contributed by atoms with Crippen LogP contribution in [0.1, 0.15) is 20.3 Å². The molecule has 28 heavy (non-hydrogen) atoms. The molecule has 0 saturated carbocycles. The molecule has 2 heterocycles. The van der Waals surface area contributed by atoms with Crippen molar-refractivity contribution in [2.45, 2.75) is 32.4 Å². The number of anilines is 1. The molecule has 3 rings (SSSR count). The first-order valence-corrected chi connectivity index (χ1v) is 11.0. The number of benzene rings is 1. The molecule has 2 atom stereocenters. The minimum Gasteiger partial charge on any atom is -0.486 e. The normalized spacial score (nSPS) is 21.0. The standard InChI is InChI=1S/C18H25N3O6S/c1-11(2)16(21-18(23)20-13-5-8-28(24,25)10-13)17(22)19-12-3-4-14-15(9-12)27-7-6-26-14/h3-4,9,11,13,16H,5-8,10H2,1-2H3,(H,19,22)(H2,20,21,23). The summed E-state index contributed by atoms with van der Waals surface area (Å²) in [6.07, 6.45) is 0.380. The zero-order chi connectivity index (χ0) is 20.3. The predicted molar refractivity (Wildman–Crippen MR) is 103 cm³/mol. The van der Waals surface area contributed by atoms with E-state index in [4.69, 9.17) is 9.47 Å². The van der Waals surface area contributed by atoms with Gasteiger partial charge in [-0.2, -0.15) is 0 Å². The summed E-state index contributed by atoms with van der Waals surface area (Å²) in [7, 11) is -3.09. The van der Waals surface area contributed by atoms with Crippen molar-refractivity contribution < 1.29 is 27.5 Å². The van der Waals surface area contributed by atoms with Gasteiger partial charge in [0.05, 0.1) is 11.5 Å². The first-order chi connectivity index (χ1) is 13.2. The van der Waals surface area contributed by atoms with Crippen molar-refractivity contribution in [3.05, 3.63) is 18.2 Å². The average Bonchev–Trinajstić information content (AvgIpc) is 2.97. The Morgan fingerprint density at radius 2 is 1.86 bits per heavy atom. The molecule has 3 N–H and O–H groups in total. The van der Waals surface area contributed by atoms with Crippen LogP contribution in [-0.4, -0.2) is 57.2 Å². The molecule has 0 radical (unpaired) electrons. The molecule has 1 saturated heterocycles. The lowest BCUT2D eigenvalue weighted by atomic mass is 10.0. The summed E-state index contributed by atoms with van der Waals surface area (Å²) in [5, 5.41) is 8.05. The molecule has 2 aliphatic rings. The maximum atomic E-state index is 12.7. The van der Waals surface area contributed by atoms with E-state index in [1.54, 1.807) is 18.2 Å². The third-order valence-electron chi connectivity index (χ3n) is 4.61. The van der Waals surface area contributed by atoms with Gasteiger partial charge in [-0.15, -0.1) is 0 Å². The fourth-order valence-electron chi connectivity index (χ4n) is 3.15. The minimum absolute atomic E-state index is 0.0656. The molecular formula is C18H25N3O6S. The van der Waals surface area contributed by atoms with Crippen molar-refractivity contribution in [3.63, 3.8) is 0 Å². The molecule has 2 aliphatic heterocycles. The Labute approximate surface area is 164 Å². The van der Waals surface area contributed by atoms with Crippen LogP contribution in [0.25, 0.3) is 0 Å². The Morgan fingerprint density at radius 3 is 2.50 bits per heavy atom. The Balaban J connectivity index is 1.60. The second kappa shape index (κ2) is 8.26. The number of urea groups is 1. The van der Waals surface area contributed by atoms with E-state index in [1.165, 1.54) is 0 Å². The SMILES string of the molecule is CC(C)C(NC(=O)NC1CCS(=O)(=O)C1)C(=O)Nc1ccc2c(c1)OCCO2. The maximum Gasteiger partial charge on any atom is 0.315 e. The van der Waals surface area contributed by atoms with E-state index in [1.807, 2.05) is 13.8 Å². The van der Waals surface area contributed by atoms with Gasteiger partial charge in [-0.05, 0) is 24.5 Å². The van der Waals surface area contributed by atoms with Crippen molar-refractivity contribution in [1.82, 2.24) is 10.6 Å². The summed E-state index contributed by atoms with van der Waals surface area (Å²) in [6.45, 7) is 4.55. The number of ether oxygens (including phenoxy) is 2. The molecule has 0 aromatic heterocycles. The Morgan fingerprint density at radius 1 is 1.14 bits per heavy atom. The monoisotopic (exact) mass is 411 g/mol. The largest absolute Gasteiger partial charge is 0.486 e. The highest BCUT2D eigenvalue weighted by Crippen LogP contribution is 2.32. The van der Waals surface area contributed by atoms with E-state index in [0.29, 0.717) is 36.8 Å². The van der Waals surface area contributed by atoms with Gasteiger partial charge in [0.2, 0.25) is 5.91 Å². The van der Waals surface area contributed by atoms with Crippen LogP contribution in [0.4, 0.5) is 10.5 Å². The van der Waals surface area contributed by atoms with Gasteiger partial charge < -0.3 is 25.4 Å². The van der Waals surface area contributed by atoms with E-state index in [0.717, 1.165) is 0 Å². The molecule has 3 amide bonds. The molecule has 0 bridgehead atoms. The van der Waals surface area contributed by atoms with Gasteiger partial charge in [-0.25, -0.2) is 13.2 Å². The zero-order valence-electron chi connectivity index (χ0n) is 15.9. The summed E-state index contributed by atoms with van der Waals surface area (Å²) >= 11 is 0. The molecule has 1 aromatic rings. The van der Waals surface area contributed by atoms with Gasteiger partial charge >= 0.3 is 6.03 Å². The summed E-state index contributed by atoms with van der Waals surface area (Å²) in [4.78, 5) is 24.9. The summed E-state index contributed by atoms with van der Waals surface area (Å²) in [6, 6.07) is 3.32. The van der Waals surface area contributed by atoms with Gasteiger partial charge in [-0.3, -0.25) is 4.79 Å². The quantitative estimate of drug-likeness (QED) is 0.662. The van der Waals surface area contributed by atoms with Crippen molar-refractivity contribution in [2.24, 2.45) is 5.92 Å². The number of nitrogens with one attached hydrogen (secondary N) is 3. The van der Waals surface area contributed by atoms with E-state index in [9.17, 15) is 18.0 Å². The van der Waals surface area contributed by atoms with Gasteiger partial charge in [0.25, 0.3) is 0 Å². The molecule has 0 aliphatic carbocycles. The maximum absolute atomic E-state index is 12.7. The molecule has 9 nitrogen and oxygen atoms in total. The number of rotatable bonds is 5. The highest BCUT2D eigenvalue weighted by Gasteiger charge is 2.31. The fraction of sp³-hybridized carbons (Fsp3) is 0.556. The van der Waals surface area contributed by atoms with Crippen LogP contribution in [-0.2, 0) is 14.6 Å². The smallest absolute Gasteiger partial charge is 0.315 e. The van der Waals surface area contributed by atoms with E-state index in [2.05, 4.69) is 16.0 Å². The van der Waals surface area contributed by atoms with Crippen LogP contribution in [0.15, 0.2) is 18.2 Å². The van der Waals surface area contributed by atoms with Gasteiger partial charge in [0.1, 0.15) is 19.3 Å². The number of carbonyl (C=O) groups excluding carboxylic acids is 2. The van der Waals surface area contributed by atoms with E-state index < -0.39 is 28.0 Å². The third kappa shape index (κ3) is 5.06. The molecular weight excluding hydrogens is 386 g/mol. The highest BCUT2D eigenvalue weighted by molar-refractivity contribution is 7.91. The molecule has 1 fully saturated rings. The predicted octanol–water partition coefficient (Wildman–Crippen LogP) is 0.907. The Hall–Kier alpha value is -2.49. The summed E-state index contributed by atoms with van der Waals surface area (Å²) < 4.78 is 34.0. The number of amides is 3. The fourth-order valence-corrected chi connectivity index (χ4v) is 4.83. The number of hydrogen-bond donors (Lipinski definition) is 3. The van der Waals surface area contributed by atoms with Gasteiger partial charge in [-0.1, -0.05) is 13.8 Å². The van der Waals surface area contributed by atoms with Crippen molar-refractivity contribution in [2.75, 3.05) is 30.0 Å². The lowest BCUT2D eigenvalue weighted by Gasteiger charge is -2.23. The zero-order valence-corrected chi connectivity index (χ0v) is 16.7. The van der Waals surface area contributed by atoms with Crippen LogP contribution in [0.3, 0.4) is 0 Å². The summed E-state index contributed by atoms with van der Waals surface area (Å²) in [5.74, 6) is 0.620. The molecule has 0 spiro atoms. The number of hydrogen-bond acceptors (Lipinski definition) is 6. The van der Waals surface area contributed by atoms with Crippen LogP contribution >= 0.6 is 0 Å². The lowest BCUT2D eigenvalue weighted by molar-refractivity contribution is -0.118. The van der Waals surface area contributed by atoms with Crippen molar-refractivity contribution in [1.29, 1.82) is 0 Å². The number of sulfone groups is 1. The van der Waals surface area contributed by atoms with Gasteiger partial charge in [0, 0.05) is 17.8 Å². The van der Waals surface area contributed by atoms with Crippen LogP contribution in [0.5, 0.6) is 11.5 Å². The minimum atomic E-state index is -3.09. The third-order valence-corrected chi connectivity index (χ3v) is 6.38. The topological polar surface area (TPSA) is 123 Å². The number of carbonyl (C=O) groups is 2. The second-order valence-corrected chi connectivity index (χ2v) is 9.52. The lowest BCUT2D eigenvalue weighted by Crippen LogP contribution is -2.52. The molecule has 2 unspecified atom stereocenters. The highest BCUT2D eigenvalue weighted by atomic mass is 32.2. The van der Waals surface area contributed by atoms with Gasteiger partial charge in [0.15, 0.2) is 21.3 Å². The molecule has 10 heteroatoms. The van der Waals surface area contributed by atoms with Crippen LogP contribution < -0.4 is 25.4 Å². The van der Waals surface area contributed by atoms with Crippen LogP contribution in [0, 0.1) is 5.92 Å². The number of fused-ring (bicyclic) bond motifs is 1. The second-order valence-electron chi connectivity index (χ2n) is 7.29. The van der Waals surface area contributed by atoms with E-state index in [-0.39, 0.29) is 23.3 Å². The summed E-state index contributed by atoms with van der Waals surface area (Å²) in [5.41, 5.74) is 0.531.